The minimum absolute atomic E-state index is 0.175. The molecule has 35 heavy (non-hydrogen) atoms. The van der Waals surface area contributed by atoms with E-state index in [0.29, 0.717) is 57.5 Å². The first-order valence-electron chi connectivity index (χ1n) is 10.8. The summed E-state index contributed by atoms with van der Waals surface area (Å²) >= 11 is 9.33. The number of thiazole rings is 1. The second-order valence-electron chi connectivity index (χ2n) is 7.64. The molecule has 3 heterocycles. The normalized spacial score (nSPS) is 20.1. The lowest BCUT2D eigenvalue weighted by atomic mass is 10.3. The van der Waals surface area contributed by atoms with Crippen molar-refractivity contribution in [3.8, 4) is 0 Å². The summed E-state index contributed by atoms with van der Waals surface area (Å²) in [6.45, 7) is 5.51. The zero-order chi connectivity index (χ0) is 25.8. The molecule has 9 nitrogen and oxygen atoms in total. The van der Waals surface area contributed by atoms with E-state index in [1.54, 1.807) is 17.8 Å². The molecule has 3 rings (SSSR count). The van der Waals surface area contributed by atoms with Gasteiger partial charge >= 0.3 is 0 Å². The summed E-state index contributed by atoms with van der Waals surface area (Å²) in [6.07, 6.45) is 4.44. The predicted molar refractivity (Wildman–Crippen MR) is 145 cm³/mol. The maximum Gasteiger partial charge on any atom is 0.269 e. The minimum atomic E-state index is -4.21. The number of allylic oxidation sites excluding steroid dienone is 2. The Kier molecular flexibility index (Phi) is 9.82. The molecule has 1 fully saturated rings. The topological polar surface area (TPSA) is 112 Å². The highest BCUT2D eigenvalue weighted by molar-refractivity contribution is 8.30. The first-order valence-corrected chi connectivity index (χ1v) is 15.3. The average Bonchev–Trinajstić information content (AvgIpc) is 3.40. The summed E-state index contributed by atoms with van der Waals surface area (Å²) in [4.78, 5) is 30.0. The lowest BCUT2D eigenvalue weighted by molar-refractivity contribution is -0.121. The Morgan fingerprint density at radius 3 is 2.57 bits per heavy atom. The van der Waals surface area contributed by atoms with Crippen LogP contribution in [0.5, 0.6) is 0 Å². The van der Waals surface area contributed by atoms with Crippen molar-refractivity contribution in [3.05, 3.63) is 41.8 Å². The maximum atomic E-state index is 13.1. The predicted octanol–water partition coefficient (Wildman–Crippen LogP) is 1.40. The van der Waals surface area contributed by atoms with E-state index < -0.39 is 10.1 Å². The number of hydrogen-bond donors (Lipinski definition) is 0. The van der Waals surface area contributed by atoms with Crippen LogP contribution >= 0.6 is 47.1 Å². The third-order valence-electron chi connectivity index (χ3n) is 5.23. The number of thiocarbonyl (C=S) groups is 1. The lowest BCUT2D eigenvalue weighted by Gasteiger charge is -2.21. The fourth-order valence-corrected chi connectivity index (χ4v) is 7.51. The minimum Gasteiger partial charge on any atom is -0.748 e. The summed E-state index contributed by atoms with van der Waals surface area (Å²) in [5, 5.41) is 2.88. The van der Waals surface area contributed by atoms with Gasteiger partial charge in [0.1, 0.15) is 13.9 Å². The summed E-state index contributed by atoms with van der Waals surface area (Å²) in [5.74, 6) is -0.596. The summed E-state index contributed by atoms with van der Waals surface area (Å²) in [5.41, 5.74) is 0.831. The van der Waals surface area contributed by atoms with Crippen LogP contribution in [0.4, 0.5) is 0 Å². The molecule has 2 aliphatic heterocycles. The van der Waals surface area contributed by atoms with Crippen molar-refractivity contribution in [2.24, 2.45) is 0 Å². The fourth-order valence-electron chi connectivity index (χ4n) is 3.45. The van der Waals surface area contributed by atoms with Gasteiger partial charge in [-0.05, 0) is 44.2 Å². The van der Waals surface area contributed by atoms with Crippen molar-refractivity contribution in [1.29, 1.82) is 0 Å². The molecule has 0 aliphatic carbocycles. The number of carbonyl (C=O) groups excluding carboxylic acids is 1. The van der Waals surface area contributed by atoms with E-state index >= 15 is 0 Å². The van der Waals surface area contributed by atoms with Crippen molar-refractivity contribution in [2.45, 2.75) is 33.2 Å². The first-order chi connectivity index (χ1) is 16.6. The number of aromatic nitrogens is 1. The van der Waals surface area contributed by atoms with Gasteiger partial charge in [-0.3, -0.25) is 19.1 Å². The number of unbranched alkanes of at least 4 members (excludes halogenated alkanes) is 1. The van der Waals surface area contributed by atoms with Gasteiger partial charge in [0, 0.05) is 31.6 Å². The summed E-state index contributed by atoms with van der Waals surface area (Å²) in [6, 6.07) is 0. The maximum absolute atomic E-state index is 13.1. The molecule has 192 valence electrons. The quantitative estimate of drug-likeness (QED) is 0.230. The second-order valence-corrected chi connectivity index (χ2v) is 12.7. The molecule has 1 aromatic heterocycles. The largest absolute Gasteiger partial charge is 0.748 e. The van der Waals surface area contributed by atoms with E-state index in [4.69, 9.17) is 17.0 Å². The zero-order valence-electron chi connectivity index (χ0n) is 19.5. The standard InChI is InChI=1S/C21H27N3O6S5/c1-4-22-18(25)15(33-20(22)17-19(26)24(10-11-30-3)21(31)34-17)7-8-16-23(14(2)13-32-16)9-5-6-12-35(27,28)29/h7-8,13H,4-6,9-12H2,1-3H3,(H,27,28,29)/p-1/b15-7-,16-8+,20-17-. The Morgan fingerprint density at radius 1 is 1.17 bits per heavy atom. The number of thioether (sulfide) groups is 2. The summed E-state index contributed by atoms with van der Waals surface area (Å²) in [7, 11) is -2.66. The highest BCUT2D eigenvalue weighted by Crippen LogP contribution is 2.34. The van der Waals surface area contributed by atoms with Crippen molar-refractivity contribution < 1.29 is 22.5 Å². The van der Waals surface area contributed by atoms with E-state index in [1.807, 2.05) is 30.2 Å². The highest BCUT2D eigenvalue weighted by Gasteiger charge is 2.33. The molecule has 0 atom stereocenters. The summed E-state index contributed by atoms with van der Waals surface area (Å²) < 4.78 is 40.7. The first kappa shape index (κ1) is 28.2. The van der Waals surface area contributed by atoms with Crippen LogP contribution in [0.15, 0.2) is 27.0 Å². The Labute approximate surface area is 221 Å². The molecule has 0 aromatic carbocycles. The van der Waals surface area contributed by atoms with Crippen LogP contribution in [0, 0.1) is 0 Å². The molecule has 14 heteroatoms. The number of hydrogen-bond acceptors (Lipinski definition) is 11. The van der Waals surface area contributed by atoms with Crippen LogP contribution in [-0.2, 0) is 26.2 Å². The number of rotatable bonds is 10. The molecular formula is C21H26N3O6S5-. The second kappa shape index (κ2) is 12.2. The molecule has 0 N–H and O–H groups in total. The fraction of sp³-hybridized carbons (Fsp3) is 0.476. The Morgan fingerprint density at radius 2 is 1.91 bits per heavy atom. The molecular weight excluding hydrogens is 551 g/mol. The van der Waals surface area contributed by atoms with Gasteiger partial charge in [-0.1, -0.05) is 35.7 Å². The number of nitrogens with zero attached hydrogens (tertiary/aromatic N) is 3. The van der Waals surface area contributed by atoms with Gasteiger partial charge in [-0.2, -0.15) is 0 Å². The van der Waals surface area contributed by atoms with Gasteiger partial charge in [0.15, 0.2) is 0 Å². The van der Waals surface area contributed by atoms with Crippen molar-refractivity contribution in [2.75, 3.05) is 32.6 Å². The van der Waals surface area contributed by atoms with Gasteiger partial charge in [0.05, 0.1) is 32.8 Å². The van der Waals surface area contributed by atoms with E-state index in [-0.39, 0.29) is 17.2 Å². The van der Waals surface area contributed by atoms with Crippen molar-refractivity contribution >= 4 is 78.4 Å². The smallest absolute Gasteiger partial charge is 0.269 e. The van der Waals surface area contributed by atoms with Crippen molar-refractivity contribution in [1.82, 2.24) is 14.4 Å². The molecule has 1 saturated heterocycles. The van der Waals surface area contributed by atoms with E-state index in [9.17, 15) is 22.6 Å². The molecule has 0 unspecified atom stereocenters. The van der Waals surface area contributed by atoms with E-state index in [2.05, 4.69) is 0 Å². The Balaban J connectivity index is 1.89. The monoisotopic (exact) mass is 576 g/mol. The van der Waals surface area contributed by atoms with Crippen LogP contribution in [0.2, 0.25) is 0 Å². The van der Waals surface area contributed by atoms with E-state index in [0.717, 1.165) is 10.7 Å². The number of amides is 1. The van der Waals surface area contributed by atoms with E-state index in [1.165, 1.54) is 39.8 Å². The average molecular weight is 577 g/mol. The molecule has 0 saturated carbocycles. The zero-order valence-corrected chi connectivity index (χ0v) is 23.6. The highest BCUT2D eigenvalue weighted by atomic mass is 32.2. The van der Waals surface area contributed by atoms with Gasteiger partial charge in [-0.25, -0.2) is 8.42 Å². The molecule has 0 spiro atoms. The lowest BCUT2D eigenvalue weighted by Crippen LogP contribution is -2.34. The molecule has 1 amide bonds. The number of carbonyl (C=O) groups is 1. The molecule has 0 bridgehead atoms. The molecule has 2 aliphatic rings. The molecule has 1 aromatic rings. The van der Waals surface area contributed by atoms with Gasteiger partial charge in [0.25, 0.3) is 11.5 Å². The van der Waals surface area contributed by atoms with Gasteiger partial charge in [0.2, 0.25) is 0 Å². The number of methoxy groups -OCH3 is 1. The third-order valence-corrected chi connectivity index (χ3v) is 9.79. The third kappa shape index (κ3) is 6.87. The van der Waals surface area contributed by atoms with Crippen LogP contribution in [0.1, 0.15) is 26.7 Å². The molecule has 0 radical (unpaired) electrons. The van der Waals surface area contributed by atoms with Crippen LogP contribution < -0.4 is 14.8 Å². The SMILES string of the molecule is CCn1c(=O)/c(=C/C=C2/SC=C(C)N2CCCCS(=O)(=O)[O-])s/c1=C1\SC(=S)N(CCOC)C1=O. The Bertz CT molecular complexity index is 1340. The van der Waals surface area contributed by atoms with Crippen LogP contribution in [0.3, 0.4) is 0 Å². The van der Waals surface area contributed by atoms with Crippen molar-refractivity contribution in [3.63, 3.8) is 0 Å². The van der Waals surface area contributed by atoms with Gasteiger partial charge < -0.3 is 14.2 Å². The van der Waals surface area contributed by atoms with Crippen LogP contribution in [0.25, 0.3) is 11.0 Å². The Hall–Kier alpha value is -1.42. The number of ether oxygens (including phenoxy) is 1. The van der Waals surface area contributed by atoms with Gasteiger partial charge in [-0.15, -0.1) is 11.3 Å². The van der Waals surface area contributed by atoms with Crippen LogP contribution in [-0.4, -0.2) is 70.1 Å².